The van der Waals surface area contributed by atoms with Gasteiger partial charge >= 0.3 is 6.09 Å². The number of nitrogens with two attached hydrogens (primary N) is 1. The van der Waals surface area contributed by atoms with Gasteiger partial charge in [-0.3, -0.25) is 14.6 Å². The largest absolute Gasteiger partial charge is 0.493 e. The number of rotatable bonds is 6. The van der Waals surface area contributed by atoms with E-state index in [1.54, 1.807) is 63.0 Å². The number of carbonyl (C=O) groups is 2. The van der Waals surface area contributed by atoms with Crippen LogP contribution in [0.2, 0.25) is 0 Å². The summed E-state index contributed by atoms with van der Waals surface area (Å²) in [4.78, 5) is 38.1. The molecule has 178 valence electrons. The van der Waals surface area contributed by atoms with E-state index < -0.39 is 11.7 Å². The van der Waals surface area contributed by atoms with Gasteiger partial charge in [0.15, 0.2) is 6.29 Å². The highest BCUT2D eigenvalue weighted by Gasteiger charge is 2.14. The zero-order chi connectivity index (χ0) is 24.8. The molecule has 0 spiro atoms. The van der Waals surface area contributed by atoms with E-state index in [1.165, 1.54) is 0 Å². The molecule has 2 heterocycles. The van der Waals surface area contributed by atoms with Crippen LogP contribution >= 0.6 is 0 Å². The lowest BCUT2D eigenvalue weighted by atomic mass is 10.0. The molecule has 0 saturated carbocycles. The lowest BCUT2D eigenvalue weighted by Crippen LogP contribution is -2.27. The molecule has 0 aliphatic carbocycles. The van der Waals surface area contributed by atoms with Crippen molar-refractivity contribution < 1.29 is 19.1 Å². The number of aryl methyl sites for hydroxylation is 1. The van der Waals surface area contributed by atoms with Gasteiger partial charge in [0, 0.05) is 30.9 Å². The first-order chi connectivity index (χ1) is 15.4. The molecule has 2 N–H and O–H groups in total. The molecular formula is C25H33N3O5. The number of pyridine rings is 2. The number of hydrogen-bond donors (Lipinski definition) is 1. The molecule has 1 amide bonds. The molecule has 8 nitrogen and oxygen atoms in total. The van der Waals surface area contributed by atoms with Crippen LogP contribution in [0.4, 0.5) is 4.79 Å². The summed E-state index contributed by atoms with van der Waals surface area (Å²) in [5.41, 5.74) is 5.39. The summed E-state index contributed by atoms with van der Waals surface area (Å²) in [6.45, 7) is 10.2. The molecule has 0 bridgehead atoms. The van der Waals surface area contributed by atoms with E-state index in [4.69, 9.17) is 10.5 Å². The predicted molar refractivity (Wildman–Crippen MR) is 130 cm³/mol. The zero-order valence-corrected chi connectivity index (χ0v) is 20.2. The maximum atomic E-state index is 12.6. The molecule has 0 aliphatic heterocycles. The lowest BCUT2D eigenvalue weighted by Gasteiger charge is -2.16. The van der Waals surface area contributed by atoms with E-state index in [0.717, 1.165) is 35.4 Å². The third-order valence-electron chi connectivity index (χ3n) is 4.85. The van der Waals surface area contributed by atoms with Crippen LogP contribution in [-0.2, 0) is 11.8 Å². The predicted octanol–water partition coefficient (Wildman–Crippen LogP) is 4.59. The van der Waals surface area contributed by atoms with Crippen LogP contribution < -0.4 is 16.0 Å². The van der Waals surface area contributed by atoms with Crippen LogP contribution in [0, 0.1) is 5.92 Å². The molecule has 1 aromatic carbocycles. The van der Waals surface area contributed by atoms with Crippen molar-refractivity contribution in [2.45, 2.75) is 53.1 Å². The third kappa shape index (κ3) is 7.03. The third-order valence-corrected chi connectivity index (χ3v) is 4.85. The van der Waals surface area contributed by atoms with Gasteiger partial charge in [-0.15, -0.1) is 0 Å². The van der Waals surface area contributed by atoms with Crippen LogP contribution in [0.25, 0.3) is 21.7 Å². The van der Waals surface area contributed by atoms with Crippen molar-refractivity contribution in [2.75, 3.05) is 6.61 Å². The maximum absolute atomic E-state index is 12.6. The van der Waals surface area contributed by atoms with Crippen molar-refractivity contribution in [2.24, 2.45) is 18.7 Å². The maximum Gasteiger partial charge on any atom is 0.405 e. The topological polar surface area (TPSA) is 114 Å². The van der Waals surface area contributed by atoms with Gasteiger partial charge in [-0.05, 0) is 57.0 Å². The number of carbonyl (C=O) groups excluding carboxylic acids is 2. The fourth-order valence-electron chi connectivity index (χ4n) is 3.36. The number of amides is 1. The minimum atomic E-state index is -0.725. The standard InChI is InChI=1S/C20H22N2O3.C5H11NO2/c1-13(2)5-4-8-25-19-10-18-16(9-14(19)12-23)15-6-7-21-11-17(15)20(24)22(18)3;1-5(2,3)8-4(6)7/h6-7,9-13H,4-5,8H2,1-3H3;1-3H3,(H2,6,7). The van der Waals surface area contributed by atoms with Gasteiger partial charge in [0.05, 0.1) is 23.1 Å². The van der Waals surface area contributed by atoms with E-state index in [0.29, 0.717) is 29.2 Å². The van der Waals surface area contributed by atoms with Crippen LogP contribution in [0.15, 0.2) is 35.4 Å². The van der Waals surface area contributed by atoms with Gasteiger partial charge in [-0.1, -0.05) is 13.8 Å². The molecule has 0 unspecified atom stereocenters. The number of benzene rings is 1. The van der Waals surface area contributed by atoms with Crippen molar-refractivity contribution in [3.05, 3.63) is 46.5 Å². The van der Waals surface area contributed by atoms with Gasteiger partial charge in [0.2, 0.25) is 0 Å². The first-order valence-corrected chi connectivity index (χ1v) is 10.9. The summed E-state index contributed by atoms with van der Waals surface area (Å²) < 4.78 is 12.0. The molecule has 0 atom stereocenters. The Hall–Kier alpha value is -3.42. The van der Waals surface area contributed by atoms with Crippen LogP contribution in [0.1, 0.15) is 57.8 Å². The normalized spacial score (nSPS) is 11.2. The highest BCUT2D eigenvalue weighted by Crippen LogP contribution is 2.29. The molecule has 8 heteroatoms. The SMILES string of the molecule is CC(C)(C)OC(N)=O.CC(C)CCCOc1cc2c(cc1C=O)c1ccncc1c(=O)n2C. The molecule has 2 aromatic heterocycles. The Balaban J connectivity index is 0.000000414. The molecule has 0 saturated heterocycles. The first-order valence-electron chi connectivity index (χ1n) is 10.9. The van der Waals surface area contributed by atoms with Crippen LogP contribution in [0.5, 0.6) is 5.75 Å². The summed E-state index contributed by atoms with van der Waals surface area (Å²) in [5.74, 6) is 1.14. The molecule has 3 rings (SSSR count). The summed E-state index contributed by atoms with van der Waals surface area (Å²) in [5, 5.41) is 2.18. The van der Waals surface area contributed by atoms with E-state index in [-0.39, 0.29) is 5.56 Å². The number of nitrogens with zero attached hydrogens (tertiary/aromatic N) is 2. The molecular weight excluding hydrogens is 422 g/mol. The Morgan fingerprint density at radius 3 is 2.45 bits per heavy atom. The minimum Gasteiger partial charge on any atom is -0.493 e. The first kappa shape index (κ1) is 25.8. The second kappa shape index (κ2) is 10.9. The summed E-state index contributed by atoms with van der Waals surface area (Å²) in [6.07, 6.45) is 5.29. The van der Waals surface area contributed by atoms with Gasteiger partial charge in [-0.2, -0.15) is 0 Å². The van der Waals surface area contributed by atoms with Gasteiger partial charge < -0.3 is 19.8 Å². The van der Waals surface area contributed by atoms with Crippen molar-refractivity contribution >= 4 is 34.1 Å². The lowest BCUT2D eigenvalue weighted by molar-refractivity contribution is 0.0600. The van der Waals surface area contributed by atoms with Gasteiger partial charge in [0.1, 0.15) is 11.4 Å². The van der Waals surface area contributed by atoms with E-state index in [1.807, 2.05) is 0 Å². The van der Waals surface area contributed by atoms with Crippen molar-refractivity contribution in [1.29, 1.82) is 0 Å². The van der Waals surface area contributed by atoms with Crippen molar-refractivity contribution in [3.8, 4) is 5.75 Å². The number of fused-ring (bicyclic) bond motifs is 3. The highest BCUT2D eigenvalue weighted by atomic mass is 16.6. The summed E-state index contributed by atoms with van der Waals surface area (Å²) >= 11 is 0. The molecule has 0 fully saturated rings. The Morgan fingerprint density at radius 2 is 1.91 bits per heavy atom. The molecule has 0 radical (unpaired) electrons. The Kier molecular flexibility index (Phi) is 8.56. The van der Waals surface area contributed by atoms with E-state index >= 15 is 0 Å². The zero-order valence-electron chi connectivity index (χ0n) is 20.2. The average Bonchev–Trinajstić information content (AvgIpc) is 2.73. The Labute approximate surface area is 193 Å². The summed E-state index contributed by atoms with van der Waals surface area (Å²) in [6, 6.07) is 5.38. The minimum absolute atomic E-state index is 0.111. The quantitative estimate of drug-likeness (QED) is 0.330. The average molecular weight is 456 g/mol. The number of primary amides is 1. The second-order valence-corrected chi connectivity index (χ2v) is 9.23. The Bertz CT molecular complexity index is 1190. The van der Waals surface area contributed by atoms with Crippen LogP contribution in [-0.4, -0.2) is 34.1 Å². The van der Waals surface area contributed by atoms with Crippen molar-refractivity contribution in [1.82, 2.24) is 9.55 Å². The second-order valence-electron chi connectivity index (χ2n) is 9.23. The molecule has 3 aromatic rings. The highest BCUT2D eigenvalue weighted by molar-refractivity contribution is 6.07. The monoisotopic (exact) mass is 455 g/mol. The number of ether oxygens (including phenoxy) is 2. The van der Waals surface area contributed by atoms with Gasteiger partial charge in [-0.25, -0.2) is 4.79 Å². The fraction of sp³-hybridized carbons (Fsp3) is 0.440. The van der Waals surface area contributed by atoms with Crippen LogP contribution in [0.3, 0.4) is 0 Å². The van der Waals surface area contributed by atoms with Gasteiger partial charge in [0.25, 0.3) is 5.56 Å². The van der Waals surface area contributed by atoms with Crippen molar-refractivity contribution in [3.63, 3.8) is 0 Å². The smallest absolute Gasteiger partial charge is 0.405 e. The molecule has 33 heavy (non-hydrogen) atoms. The molecule has 0 aliphatic rings. The number of aromatic nitrogens is 2. The summed E-state index contributed by atoms with van der Waals surface area (Å²) in [7, 11) is 1.72. The Morgan fingerprint density at radius 1 is 1.21 bits per heavy atom. The fourth-order valence-corrected chi connectivity index (χ4v) is 3.36. The number of aldehydes is 1. The van der Waals surface area contributed by atoms with E-state index in [9.17, 15) is 14.4 Å². The van der Waals surface area contributed by atoms with E-state index in [2.05, 4.69) is 23.6 Å². The number of hydrogen-bond acceptors (Lipinski definition) is 6.